The number of aliphatic hydroxyl groups excluding tert-OH is 3. The van der Waals surface area contributed by atoms with Crippen LogP contribution in [0.5, 0.6) is 0 Å². The normalized spacial score (nSPS) is 21.3. The van der Waals surface area contributed by atoms with Crippen LogP contribution in [0.1, 0.15) is 6.23 Å². The molecule has 33 heavy (non-hydrogen) atoms. The van der Waals surface area contributed by atoms with E-state index in [2.05, 4.69) is 9.97 Å². The molecule has 16 nitrogen and oxygen atoms in total. The van der Waals surface area contributed by atoms with Gasteiger partial charge in [0.05, 0.1) is 6.61 Å². The molecule has 3 aromatic heterocycles. The summed E-state index contributed by atoms with van der Waals surface area (Å²) in [5.74, 6) is 0. The van der Waals surface area contributed by atoms with Crippen LogP contribution in [-0.2, 0) is 4.74 Å². The highest BCUT2D eigenvalue weighted by atomic mass is 16.6. The summed E-state index contributed by atoms with van der Waals surface area (Å²) < 4.78 is 6.08. The van der Waals surface area contributed by atoms with Crippen molar-refractivity contribution in [3.63, 3.8) is 0 Å². The Labute approximate surface area is 180 Å². The van der Waals surface area contributed by atoms with E-state index in [4.69, 9.17) is 9.84 Å². The van der Waals surface area contributed by atoms with Crippen molar-refractivity contribution in [2.45, 2.75) is 24.5 Å². The summed E-state index contributed by atoms with van der Waals surface area (Å²) >= 11 is 0. The third kappa shape index (κ3) is 7.21. The Morgan fingerprint density at radius 3 is 1.67 bits per heavy atom. The summed E-state index contributed by atoms with van der Waals surface area (Å²) in [6, 6.07) is 3.57. The second-order valence-electron chi connectivity index (χ2n) is 6.34. The van der Waals surface area contributed by atoms with Gasteiger partial charge in [-0.2, -0.15) is 0 Å². The fourth-order valence-corrected chi connectivity index (χ4v) is 2.50. The Hall–Kier alpha value is -4.12. The van der Waals surface area contributed by atoms with E-state index in [1.54, 1.807) is 0 Å². The molecule has 8 N–H and O–H groups in total. The molecule has 4 heterocycles. The summed E-state index contributed by atoms with van der Waals surface area (Å²) in [6.45, 7) is -0.479. The fourth-order valence-electron chi connectivity index (χ4n) is 2.50. The molecule has 1 saturated heterocycles. The molecule has 0 unspecified atom stereocenters. The highest BCUT2D eigenvalue weighted by Crippen LogP contribution is 2.27. The van der Waals surface area contributed by atoms with Crippen LogP contribution < -0.4 is 33.7 Å². The molecule has 0 bridgehead atoms. The van der Waals surface area contributed by atoms with Gasteiger partial charge in [0.25, 0.3) is 16.7 Å². The molecule has 1 fully saturated rings. The third-order valence-electron chi connectivity index (χ3n) is 4.01. The smallest absolute Gasteiger partial charge is 0.330 e. The van der Waals surface area contributed by atoms with Crippen molar-refractivity contribution in [2.24, 2.45) is 0 Å². The van der Waals surface area contributed by atoms with Gasteiger partial charge in [0.15, 0.2) is 6.23 Å². The molecule has 0 spiro atoms. The van der Waals surface area contributed by atoms with E-state index in [9.17, 15) is 39.0 Å². The minimum Gasteiger partial charge on any atom is -0.394 e. The highest BCUT2D eigenvalue weighted by Gasteiger charge is 2.43. The molecule has 4 atom stereocenters. The first-order chi connectivity index (χ1) is 15.6. The molecule has 16 heteroatoms. The van der Waals surface area contributed by atoms with Gasteiger partial charge in [-0.25, -0.2) is 14.4 Å². The van der Waals surface area contributed by atoms with Gasteiger partial charge in [-0.15, -0.1) is 0 Å². The van der Waals surface area contributed by atoms with Crippen molar-refractivity contribution in [3.8, 4) is 0 Å². The van der Waals surface area contributed by atoms with E-state index in [0.29, 0.717) is 0 Å². The molecule has 4 rings (SSSR count). The van der Waals surface area contributed by atoms with Gasteiger partial charge >= 0.3 is 17.1 Å². The van der Waals surface area contributed by atoms with Gasteiger partial charge in [-0.1, -0.05) is 0 Å². The predicted octanol–water partition coefficient (Wildman–Crippen LogP) is -4.73. The minimum atomic E-state index is -1.35. The first-order valence-electron chi connectivity index (χ1n) is 9.12. The fraction of sp³-hybridized carbons (Fsp3) is 0.294. The quantitative estimate of drug-likeness (QED) is 0.178. The Balaban J connectivity index is 0.000000200. The van der Waals surface area contributed by atoms with Crippen molar-refractivity contribution >= 4 is 0 Å². The first-order valence-corrected chi connectivity index (χ1v) is 9.12. The van der Waals surface area contributed by atoms with Gasteiger partial charge < -0.3 is 30.0 Å². The van der Waals surface area contributed by atoms with Gasteiger partial charge in [-0.3, -0.25) is 33.9 Å². The third-order valence-corrected chi connectivity index (χ3v) is 4.01. The van der Waals surface area contributed by atoms with Crippen molar-refractivity contribution in [3.05, 3.63) is 99.3 Å². The van der Waals surface area contributed by atoms with Crippen LogP contribution in [0.25, 0.3) is 0 Å². The number of hydrogen-bond donors (Lipinski definition) is 8. The van der Waals surface area contributed by atoms with Crippen molar-refractivity contribution < 1.29 is 20.1 Å². The molecule has 0 aromatic carbocycles. The molecule has 3 aromatic rings. The van der Waals surface area contributed by atoms with Gasteiger partial charge in [0.2, 0.25) is 0 Å². The van der Waals surface area contributed by atoms with Crippen LogP contribution in [0.4, 0.5) is 0 Å². The lowest BCUT2D eigenvalue weighted by molar-refractivity contribution is -0.0550. The molecule has 178 valence electrons. The monoisotopic (exact) mass is 468 g/mol. The summed E-state index contributed by atoms with van der Waals surface area (Å²) in [5, 5.41) is 28.1. The first kappa shape index (κ1) is 25.1. The van der Waals surface area contributed by atoms with Gasteiger partial charge in [0.1, 0.15) is 18.3 Å². The number of aromatic nitrogens is 6. The minimum absolute atomic E-state index is 0.381. The van der Waals surface area contributed by atoms with Crippen LogP contribution in [0.2, 0.25) is 0 Å². The van der Waals surface area contributed by atoms with Crippen LogP contribution in [-0.4, -0.2) is 69.7 Å². The zero-order valence-electron chi connectivity index (χ0n) is 16.6. The highest BCUT2D eigenvalue weighted by molar-refractivity contribution is 4.92. The van der Waals surface area contributed by atoms with Crippen LogP contribution in [0.3, 0.4) is 0 Å². The Morgan fingerprint density at radius 2 is 1.30 bits per heavy atom. The Bertz CT molecular complexity index is 1270. The number of ether oxygens (including phenoxy) is 1. The summed E-state index contributed by atoms with van der Waals surface area (Å²) in [6.07, 6.45) is -0.996. The van der Waals surface area contributed by atoms with Crippen molar-refractivity contribution in [1.82, 2.24) is 29.5 Å². The molecule has 0 amide bonds. The number of aliphatic hydroxyl groups is 3. The Kier molecular flexibility index (Phi) is 8.75. The van der Waals surface area contributed by atoms with Gasteiger partial charge in [0, 0.05) is 36.8 Å². The van der Waals surface area contributed by atoms with Crippen LogP contribution in [0, 0.1) is 0 Å². The van der Waals surface area contributed by atoms with E-state index in [1.165, 1.54) is 24.5 Å². The number of H-pyrrole nitrogens is 5. The average Bonchev–Trinajstić information content (AvgIpc) is 3.03. The summed E-state index contributed by atoms with van der Waals surface area (Å²) in [5.41, 5.74) is -3.04. The van der Waals surface area contributed by atoms with E-state index in [-0.39, 0.29) is 11.1 Å². The van der Waals surface area contributed by atoms with E-state index in [1.807, 2.05) is 15.0 Å². The lowest BCUT2D eigenvalue weighted by atomic mass is 10.1. The maximum absolute atomic E-state index is 11.4. The predicted molar refractivity (Wildman–Crippen MR) is 110 cm³/mol. The Morgan fingerprint density at radius 1 is 0.788 bits per heavy atom. The van der Waals surface area contributed by atoms with Crippen LogP contribution in [0.15, 0.2) is 65.6 Å². The lowest BCUT2D eigenvalue weighted by Gasteiger charge is -2.16. The molecule has 1 aliphatic heterocycles. The van der Waals surface area contributed by atoms with Gasteiger partial charge in [-0.05, 0) is 0 Å². The molecule has 0 saturated carbocycles. The molecular weight excluding hydrogens is 448 g/mol. The number of aromatic amines is 5. The molecule has 0 aliphatic carbocycles. The number of rotatable bonds is 2. The second kappa shape index (κ2) is 11.5. The maximum atomic E-state index is 11.4. The van der Waals surface area contributed by atoms with E-state index in [0.717, 1.165) is 16.8 Å². The standard InChI is InChI=1S/C9H12N2O6.2C4H4N2O2/c12-3-4-6(14)7(15)8(17-4)11-2-1-5(13)10-9(11)16;2*7-3-1-2-5-4(8)6-3/h1-2,4,6-8,12,14-15H,3H2,(H,10,13,16);2*1-2H,(H2,5,6,7,8)/t4-,6-,7-,8-;;/m1../s1. The van der Waals surface area contributed by atoms with Crippen molar-refractivity contribution in [2.75, 3.05) is 6.61 Å². The average molecular weight is 468 g/mol. The number of hydrogen-bond acceptors (Lipinski definition) is 10. The summed E-state index contributed by atoms with van der Waals surface area (Å²) in [7, 11) is 0. The topological polar surface area (TPSA) is 256 Å². The SMILES string of the molecule is O=c1cc[nH]c(=O)[nH]1.O=c1cc[nH]c(=O)[nH]1.O=c1ccn([C@@H]2O[C@H](CO)[C@@H](O)[C@H]2O)c(=O)[nH]1. The number of nitrogens with one attached hydrogen (secondary N) is 5. The molecular formula is C17H20N6O10. The van der Waals surface area contributed by atoms with E-state index < -0.39 is 53.8 Å². The zero-order chi connectivity index (χ0) is 24.5. The van der Waals surface area contributed by atoms with E-state index >= 15 is 0 Å². The molecule has 1 aliphatic rings. The van der Waals surface area contributed by atoms with Crippen LogP contribution >= 0.6 is 0 Å². The lowest BCUT2D eigenvalue weighted by Crippen LogP contribution is -2.37. The maximum Gasteiger partial charge on any atom is 0.330 e. The second-order valence-corrected chi connectivity index (χ2v) is 6.34. The number of nitrogens with zero attached hydrogens (tertiary/aromatic N) is 1. The summed E-state index contributed by atoms with van der Waals surface area (Å²) in [4.78, 5) is 73.6. The molecule has 0 radical (unpaired) electrons. The van der Waals surface area contributed by atoms with Crippen molar-refractivity contribution in [1.29, 1.82) is 0 Å². The largest absolute Gasteiger partial charge is 0.394 e. The zero-order valence-corrected chi connectivity index (χ0v) is 16.6.